The summed E-state index contributed by atoms with van der Waals surface area (Å²) in [4.78, 5) is 13.8. The SMILES string of the molecule is CCC(NC(=O)c1cc(COc2cccc(F)c2)cs1)C12CC3CC(CC(C3)C1)C2. The van der Waals surface area contributed by atoms with E-state index < -0.39 is 0 Å². The third-order valence-electron chi connectivity index (χ3n) is 7.62. The molecule has 4 aliphatic carbocycles. The van der Waals surface area contributed by atoms with E-state index in [1.54, 1.807) is 12.1 Å². The number of hydrogen-bond acceptors (Lipinski definition) is 3. The van der Waals surface area contributed by atoms with Crippen molar-refractivity contribution < 1.29 is 13.9 Å². The van der Waals surface area contributed by atoms with Crippen molar-refractivity contribution >= 4 is 17.2 Å². The smallest absolute Gasteiger partial charge is 0.261 e. The number of ether oxygens (including phenoxy) is 1. The number of hydrogen-bond donors (Lipinski definition) is 1. The van der Waals surface area contributed by atoms with E-state index in [1.165, 1.54) is 62.0 Å². The van der Waals surface area contributed by atoms with E-state index in [2.05, 4.69) is 12.2 Å². The van der Waals surface area contributed by atoms with Crippen LogP contribution in [0.5, 0.6) is 5.75 Å². The first-order chi connectivity index (χ1) is 14.5. The average molecular weight is 428 g/mol. The molecule has 1 atom stereocenters. The van der Waals surface area contributed by atoms with E-state index in [0.29, 0.717) is 17.8 Å². The largest absolute Gasteiger partial charge is 0.489 e. The quantitative estimate of drug-likeness (QED) is 0.572. The molecule has 2 aromatic rings. The highest BCUT2D eigenvalue weighted by atomic mass is 32.1. The van der Waals surface area contributed by atoms with Gasteiger partial charge in [-0.1, -0.05) is 13.0 Å². The Morgan fingerprint density at radius 1 is 1.20 bits per heavy atom. The average Bonchev–Trinajstić information content (AvgIpc) is 3.18. The molecule has 1 amide bonds. The zero-order chi connectivity index (χ0) is 20.7. The third kappa shape index (κ3) is 3.89. The van der Waals surface area contributed by atoms with Gasteiger partial charge in [0.15, 0.2) is 0 Å². The van der Waals surface area contributed by atoms with Crippen LogP contribution in [-0.2, 0) is 6.61 Å². The van der Waals surface area contributed by atoms with Gasteiger partial charge in [0.1, 0.15) is 18.2 Å². The first kappa shape index (κ1) is 20.0. The minimum atomic E-state index is -0.312. The molecule has 5 heteroatoms. The minimum Gasteiger partial charge on any atom is -0.489 e. The van der Waals surface area contributed by atoms with Gasteiger partial charge in [-0.15, -0.1) is 11.3 Å². The third-order valence-corrected chi connectivity index (χ3v) is 8.60. The monoisotopic (exact) mass is 427 g/mol. The van der Waals surface area contributed by atoms with Gasteiger partial charge in [-0.2, -0.15) is 0 Å². The van der Waals surface area contributed by atoms with Gasteiger partial charge in [0.25, 0.3) is 5.91 Å². The predicted molar refractivity (Wildman–Crippen MR) is 117 cm³/mol. The van der Waals surface area contributed by atoms with Gasteiger partial charge in [-0.05, 0) is 91.7 Å². The van der Waals surface area contributed by atoms with E-state index in [0.717, 1.165) is 34.6 Å². The number of nitrogens with one attached hydrogen (secondary N) is 1. The lowest BCUT2D eigenvalue weighted by Crippen LogP contribution is -2.56. The Hall–Kier alpha value is -1.88. The van der Waals surface area contributed by atoms with E-state index in [4.69, 9.17) is 4.74 Å². The summed E-state index contributed by atoms with van der Waals surface area (Å²) in [5, 5.41) is 5.37. The first-order valence-electron chi connectivity index (χ1n) is 11.3. The van der Waals surface area contributed by atoms with Crippen LogP contribution in [0.4, 0.5) is 4.39 Å². The summed E-state index contributed by atoms with van der Waals surface area (Å²) in [6.07, 6.45) is 9.16. The number of benzene rings is 1. The molecule has 3 nitrogen and oxygen atoms in total. The Balaban J connectivity index is 1.23. The van der Waals surface area contributed by atoms with E-state index in [-0.39, 0.29) is 17.8 Å². The number of amides is 1. The lowest BCUT2D eigenvalue weighted by Gasteiger charge is -2.59. The summed E-state index contributed by atoms with van der Waals surface area (Å²) in [5.74, 6) is 2.88. The first-order valence-corrected chi connectivity index (χ1v) is 12.2. The minimum absolute atomic E-state index is 0.0413. The fraction of sp³-hybridized carbons (Fsp3) is 0.560. The van der Waals surface area contributed by atoms with Crippen molar-refractivity contribution in [3.05, 3.63) is 52.0 Å². The normalized spacial score (nSPS) is 30.3. The molecular weight excluding hydrogens is 397 g/mol. The molecule has 30 heavy (non-hydrogen) atoms. The second-order valence-corrected chi connectivity index (χ2v) is 10.7. The molecule has 0 saturated heterocycles. The molecule has 1 aromatic carbocycles. The zero-order valence-corrected chi connectivity index (χ0v) is 18.3. The molecule has 0 aliphatic heterocycles. The number of halogens is 1. The van der Waals surface area contributed by atoms with Crippen molar-refractivity contribution in [3.63, 3.8) is 0 Å². The van der Waals surface area contributed by atoms with Crippen LogP contribution in [0.2, 0.25) is 0 Å². The van der Waals surface area contributed by atoms with Crippen molar-refractivity contribution in [2.45, 2.75) is 64.5 Å². The highest BCUT2D eigenvalue weighted by molar-refractivity contribution is 7.12. The van der Waals surface area contributed by atoms with Crippen molar-refractivity contribution in [1.82, 2.24) is 5.32 Å². The van der Waals surface area contributed by atoms with Gasteiger partial charge in [0, 0.05) is 17.7 Å². The van der Waals surface area contributed by atoms with Crippen LogP contribution >= 0.6 is 11.3 Å². The molecule has 1 unspecified atom stereocenters. The summed E-state index contributed by atoms with van der Waals surface area (Å²) >= 11 is 1.46. The summed E-state index contributed by atoms with van der Waals surface area (Å²) in [5.41, 5.74) is 1.26. The molecule has 1 aromatic heterocycles. The molecule has 4 bridgehead atoms. The maximum Gasteiger partial charge on any atom is 0.261 e. The summed E-state index contributed by atoms with van der Waals surface area (Å²) in [6, 6.07) is 8.32. The van der Waals surface area contributed by atoms with Crippen molar-refractivity contribution in [1.29, 1.82) is 0 Å². The Kier molecular flexibility index (Phi) is 5.34. The van der Waals surface area contributed by atoms with Crippen LogP contribution in [0, 0.1) is 29.0 Å². The topological polar surface area (TPSA) is 38.3 Å². The Morgan fingerprint density at radius 3 is 2.53 bits per heavy atom. The fourth-order valence-corrected chi connectivity index (χ4v) is 7.62. The van der Waals surface area contributed by atoms with Crippen molar-refractivity contribution in [2.75, 3.05) is 0 Å². The molecular formula is C25H30FNO2S. The highest BCUT2D eigenvalue weighted by Crippen LogP contribution is 2.61. The second kappa shape index (κ2) is 7.99. The van der Waals surface area contributed by atoms with Crippen LogP contribution in [0.25, 0.3) is 0 Å². The Bertz CT molecular complexity index is 888. The van der Waals surface area contributed by atoms with Gasteiger partial charge in [-0.25, -0.2) is 4.39 Å². The van der Waals surface area contributed by atoms with Crippen LogP contribution in [0.3, 0.4) is 0 Å². The van der Waals surface area contributed by atoms with Crippen LogP contribution in [0.15, 0.2) is 35.7 Å². The predicted octanol–water partition coefficient (Wildman–Crippen LogP) is 6.19. The molecule has 4 saturated carbocycles. The molecule has 0 radical (unpaired) electrons. The maximum atomic E-state index is 13.3. The standard InChI is InChI=1S/C25H30FNO2S/c1-2-23(25-11-16-6-17(12-25)8-18(7-16)13-25)27-24(28)22-9-19(15-30-22)14-29-21-5-3-4-20(26)10-21/h3-5,9-10,15-18,23H,2,6-8,11-14H2,1H3,(H,27,28). The molecule has 160 valence electrons. The van der Waals surface area contributed by atoms with Gasteiger partial charge in [-0.3, -0.25) is 4.79 Å². The van der Waals surface area contributed by atoms with Crippen LogP contribution < -0.4 is 10.1 Å². The number of thiophene rings is 1. The van der Waals surface area contributed by atoms with E-state index >= 15 is 0 Å². The summed E-state index contributed by atoms with van der Waals surface area (Å²) in [6.45, 7) is 2.55. The molecule has 4 aliphatic rings. The van der Waals surface area contributed by atoms with E-state index in [1.807, 2.05) is 11.4 Å². The van der Waals surface area contributed by atoms with Gasteiger partial charge in [0.2, 0.25) is 0 Å². The van der Waals surface area contributed by atoms with Crippen LogP contribution in [-0.4, -0.2) is 11.9 Å². The maximum absolute atomic E-state index is 13.3. The van der Waals surface area contributed by atoms with Crippen LogP contribution in [0.1, 0.15) is 67.1 Å². The molecule has 1 heterocycles. The number of carbonyl (C=O) groups is 1. The molecule has 1 N–H and O–H groups in total. The molecule has 0 spiro atoms. The zero-order valence-electron chi connectivity index (χ0n) is 17.5. The van der Waals surface area contributed by atoms with Gasteiger partial charge in [0.05, 0.1) is 4.88 Å². The summed E-state index contributed by atoms with van der Waals surface area (Å²) < 4.78 is 19.0. The lowest BCUT2D eigenvalue weighted by molar-refractivity contribution is -0.0727. The van der Waals surface area contributed by atoms with Gasteiger partial charge < -0.3 is 10.1 Å². The van der Waals surface area contributed by atoms with Crippen molar-refractivity contribution in [3.8, 4) is 5.75 Å². The molecule has 4 fully saturated rings. The number of carbonyl (C=O) groups excluding carboxylic acids is 1. The van der Waals surface area contributed by atoms with Crippen molar-refractivity contribution in [2.24, 2.45) is 23.2 Å². The van der Waals surface area contributed by atoms with E-state index in [9.17, 15) is 9.18 Å². The lowest BCUT2D eigenvalue weighted by atomic mass is 9.47. The highest BCUT2D eigenvalue weighted by Gasteiger charge is 2.54. The molecule has 6 rings (SSSR count). The Labute approximate surface area is 182 Å². The Morgan fingerprint density at radius 2 is 1.90 bits per heavy atom. The summed E-state index contributed by atoms with van der Waals surface area (Å²) in [7, 11) is 0. The van der Waals surface area contributed by atoms with Gasteiger partial charge >= 0.3 is 0 Å². The fourth-order valence-electron chi connectivity index (χ4n) is 6.82. The second-order valence-electron chi connectivity index (χ2n) is 9.78. The number of rotatable bonds is 7.